The molecule has 0 aliphatic rings. The van der Waals surface area contributed by atoms with Crippen molar-refractivity contribution in [1.29, 1.82) is 0 Å². The van der Waals surface area contributed by atoms with Crippen molar-refractivity contribution in [2.24, 2.45) is 5.73 Å². The van der Waals surface area contributed by atoms with Crippen LogP contribution in [0, 0.1) is 6.92 Å². The Hall–Kier alpha value is -1.51. The molecule has 1 amide bonds. The molecular weight excluding hydrogens is 202 g/mol. The Balaban J connectivity index is 2.94. The summed E-state index contributed by atoms with van der Waals surface area (Å²) in [5.41, 5.74) is 7.37. The Labute approximate surface area is 96.6 Å². The second-order valence-corrected chi connectivity index (χ2v) is 4.34. The minimum atomic E-state index is -0.596. The Morgan fingerprint density at radius 1 is 1.31 bits per heavy atom. The van der Waals surface area contributed by atoms with Gasteiger partial charge in [-0.3, -0.25) is 4.79 Å². The van der Waals surface area contributed by atoms with Crippen LogP contribution in [0.5, 0.6) is 5.75 Å². The molecule has 1 aromatic rings. The van der Waals surface area contributed by atoms with Crippen LogP contribution in [0.25, 0.3) is 0 Å². The molecule has 1 rings (SSSR count). The van der Waals surface area contributed by atoms with Gasteiger partial charge in [0.25, 0.3) is 5.91 Å². The van der Waals surface area contributed by atoms with Crippen molar-refractivity contribution in [2.75, 3.05) is 0 Å². The van der Waals surface area contributed by atoms with Crippen molar-refractivity contribution < 1.29 is 9.53 Å². The van der Waals surface area contributed by atoms with Gasteiger partial charge in [0.15, 0.2) is 6.10 Å². The largest absolute Gasteiger partial charge is 0.481 e. The fourth-order valence-corrected chi connectivity index (χ4v) is 1.35. The van der Waals surface area contributed by atoms with Gasteiger partial charge < -0.3 is 10.5 Å². The smallest absolute Gasteiger partial charge is 0.258 e. The number of carbonyl (C=O) groups excluding carboxylic acids is 1. The Kier molecular flexibility index (Phi) is 3.93. The van der Waals surface area contributed by atoms with E-state index in [1.807, 2.05) is 19.1 Å². The lowest BCUT2D eigenvalue weighted by atomic mass is 10.0. The fourth-order valence-electron chi connectivity index (χ4n) is 1.35. The lowest BCUT2D eigenvalue weighted by Crippen LogP contribution is -2.30. The van der Waals surface area contributed by atoms with Gasteiger partial charge in [-0.15, -0.1) is 0 Å². The zero-order chi connectivity index (χ0) is 12.3. The molecule has 0 spiro atoms. The van der Waals surface area contributed by atoms with Crippen molar-refractivity contribution in [1.82, 2.24) is 0 Å². The average molecular weight is 221 g/mol. The topological polar surface area (TPSA) is 52.3 Å². The summed E-state index contributed by atoms with van der Waals surface area (Å²) in [7, 11) is 0. The highest BCUT2D eigenvalue weighted by Gasteiger charge is 2.12. The molecule has 16 heavy (non-hydrogen) atoms. The number of ether oxygens (including phenoxy) is 1. The molecule has 0 saturated heterocycles. The van der Waals surface area contributed by atoms with E-state index in [0.717, 1.165) is 11.3 Å². The van der Waals surface area contributed by atoms with E-state index in [0.29, 0.717) is 5.92 Å². The third kappa shape index (κ3) is 2.99. The summed E-state index contributed by atoms with van der Waals surface area (Å²) in [6, 6.07) is 6.04. The highest BCUT2D eigenvalue weighted by Crippen LogP contribution is 2.24. The van der Waals surface area contributed by atoms with Crippen molar-refractivity contribution in [3.8, 4) is 5.75 Å². The monoisotopic (exact) mass is 221 g/mol. The molecule has 2 N–H and O–H groups in total. The second-order valence-electron chi connectivity index (χ2n) is 4.34. The van der Waals surface area contributed by atoms with Crippen molar-refractivity contribution in [3.63, 3.8) is 0 Å². The van der Waals surface area contributed by atoms with E-state index >= 15 is 0 Å². The number of aryl methyl sites for hydroxylation is 1. The molecule has 3 heteroatoms. The standard InChI is InChI=1S/C13H19NO2/c1-8(2)11-6-5-9(3)12(7-11)16-10(4)13(14)15/h5-8,10H,1-4H3,(H2,14,15)/t10-/m1/s1. The lowest BCUT2D eigenvalue weighted by molar-refractivity contribution is -0.123. The Morgan fingerprint density at radius 3 is 2.44 bits per heavy atom. The first-order valence-corrected chi connectivity index (χ1v) is 5.48. The van der Waals surface area contributed by atoms with Gasteiger partial charge in [0.1, 0.15) is 5.75 Å². The summed E-state index contributed by atoms with van der Waals surface area (Å²) in [6.45, 7) is 7.84. The second kappa shape index (κ2) is 5.01. The van der Waals surface area contributed by atoms with Gasteiger partial charge in [0.05, 0.1) is 0 Å². The predicted molar refractivity (Wildman–Crippen MR) is 64.6 cm³/mol. The summed E-state index contributed by atoms with van der Waals surface area (Å²) in [5, 5.41) is 0. The van der Waals surface area contributed by atoms with E-state index in [1.54, 1.807) is 6.92 Å². The molecule has 0 unspecified atom stereocenters. The summed E-state index contributed by atoms with van der Waals surface area (Å²) < 4.78 is 5.52. The number of benzene rings is 1. The molecule has 88 valence electrons. The molecule has 0 bridgehead atoms. The van der Waals surface area contributed by atoms with Gasteiger partial charge in [-0.25, -0.2) is 0 Å². The van der Waals surface area contributed by atoms with Crippen LogP contribution in [0.4, 0.5) is 0 Å². The van der Waals surface area contributed by atoms with E-state index in [2.05, 4.69) is 19.9 Å². The zero-order valence-electron chi connectivity index (χ0n) is 10.3. The van der Waals surface area contributed by atoms with Crippen LogP contribution in [0.2, 0.25) is 0 Å². The van der Waals surface area contributed by atoms with Crippen molar-refractivity contribution in [2.45, 2.75) is 39.7 Å². The van der Waals surface area contributed by atoms with Crippen LogP contribution in [0.3, 0.4) is 0 Å². The van der Waals surface area contributed by atoms with Gasteiger partial charge in [0, 0.05) is 0 Å². The minimum absolute atomic E-state index is 0.437. The molecule has 0 aromatic heterocycles. The first-order valence-electron chi connectivity index (χ1n) is 5.48. The van der Waals surface area contributed by atoms with Gasteiger partial charge in [0.2, 0.25) is 0 Å². The van der Waals surface area contributed by atoms with E-state index in [-0.39, 0.29) is 0 Å². The SMILES string of the molecule is Cc1ccc(C(C)C)cc1O[C@H](C)C(N)=O. The number of primary amides is 1. The molecule has 0 fully saturated rings. The van der Waals surface area contributed by atoms with Crippen LogP contribution in [-0.2, 0) is 4.79 Å². The third-order valence-corrected chi connectivity index (χ3v) is 2.58. The summed E-state index contributed by atoms with van der Waals surface area (Å²) >= 11 is 0. The molecule has 1 aromatic carbocycles. The number of hydrogen-bond acceptors (Lipinski definition) is 2. The van der Waals surface area contributed by atoms with Crippen molar-refractivity contribution >= 4 is 5.91 Å². The van der Waals surface area contributed by atoms with Gasteiger partial charge >= 0.3 is 0 Å². The van der Waals surface area contributed by atoms with Gasteiger partial charge in [-0.05, 0) is 37.0 Å². The Bertz CT molecular complexity index is 386. The fraction of sp³-hybridized carbons (Fsp3) is 0.462. The first-order chi connectivity index (χ1) is 7.41. The lowest BCUT2D eigenvalue weighted by Gasteiger charge is -2.15. The molecule has 0 saturated carbocycles. The maximum absolute atomic E-state index is 10.9. The highest BCUT2D eigenvalue weighted by atomic mass is 16.5. The average Bonchev–Trinajstić information content (AvgIpc) is 2.20. The van der Waals surface area contributed by atoms with Crippen LogP contribution in [-0.4, -0.2) is 12.0 Å². The van der Waals surface area contributed by atoms with Gasteiger partial charge in [-0.1, -0.05) is 26.0 Å². The maximum Gasteiger partial charge on any atom is 0.258 e. The van der Waals surface area contributed by atoms with E-state index < -0.39 is 12.0 Å². The van der Waals surface area contributed by atoms with Crippen LogP contribution in [0.1, 0.15) is 37.8 Å². The molecule has 0 radical (unpaired) electrons. The van der Waals surface area contributed by atoms with Crippen LogP contribution in [0.15, 0.2) is 18.2 Å². The van der Waals surface area contributed by atoms with E-state index in [9.17, 15) is 4.79 Å². The number of amides is 1. The van der Waals surface area contributed by atoms with Crippen molar-refractivity contribution in [3.05, 3.63) is 29.3 Å². The van der Waals surface area contributed by atoms with E-state index in [1.165, 1.54) is 5.56 Å². The molecule has 0 heterocycles. The number of nitrogens with two attached hydrogens (primary N) is 1. The quantitative estimate of drug-likeness (QED) is 0.848. The summed E-state index contributed by atoms with van der Waals surface area (Å²) in [5.74, 6) is 0.721. The summed E-state index contributed by atoms with van der Waals surface area (Å²) in [6.07, 6.45) is -0.596. The van der Waals surface area contributed by atoms with Crippen LogP contribution >= 0.6 is 0 Å². The van der Waals surface area contributed by atoms with Gasteiger partial charge in [-0.2, -0.15) is 0 Å². The number of rotatable bonds is 4. The first kappa shape index (κ1) is 12.6. The van der Waals surface area contributed by atoms with E-state index in [4.69, 9.17) is 10.5 Å². The normalized spacial score (nSPS) is 12.6. The molecular formula is C13H19NO2. The summed E-state index contributed by atoms with van der Waals surface area (Å²) in [4.78, 5) is 10.9. The third-order valence-electron chi connectivity index (χ3n) is 2.58. The predicted octanol–water partition coefficient (Wildman–Crippen LogP) is 2.37. The van der Waals surface area contributed by atoms with Crippen LogP contribution < -0.4 is 10.5 Å². The molecule has 0 aliphatic heterocycles. The zero-order valence-corrected chi connectivity index (χ0v) is 10.3. The highest BCUT2D eigenvalue weighted by molar-refractivity contribution is 5.78. The number of carbonyl (C=O) groups is 1. The molecule has 3 nitrogen and oxygen atoms in total. The molecule has 0 aliphatic carbocycles. The maximum atomic E-state index is 10.9. The Morgan fingerprint density at radius 2 is 1.94 bits per heavy atom. The molecule has 1 atom stereocenters. The minimum Gasteiger partial charge on any atom is -0.481 e. The number of hydrogen-bond donors (Lipinski definition) is 1.